The number of oxazole rings is 1. The lowest BCUT2D eigenvalue weighted by Gasteiger charge is -2.14. The van der Waals surface area contributed by atoms with E-state index in [1.54, 1.807) is 6.92 Å². The van der Waals surface area contributed by atoms with Gasteiger partial charge in [-0.15, -0.1) is 0 Å². The minimum Gasteiger partial charge on any atom is -0.441 e. The number of hydrogen-bond donors (Lipinski definition) is 0. The van der Waals surface area contributed by atoms with Crippen molar-refractivity contribution in [1.29, 1.82) is 0 Å². The molecule has 0 bridgehead atoms. The van der Waals surface area contributed by atoms with Gasteiger partial charge in [-0.05, 0) is 40.0 Å². The number of rotatable bonds is 6. The van der Waals surface area contributed by atoms with Crippen molar-refractivity contribution in [3.05, 3.63) is 58.7 Å². The Kier molecular flexibility index (Phi) is 5.18. The molecule has 7 heteroatoms. The highest BCUT2D eigenvalue weighted by atomic mass is 19.2. The number of nitrogens with zero attached hydrogens (tertiary/aromatic N) is 4. The van der Waals surface area contributed by atoms with E-state index >= 15 is 0 Å². The van der Waals surface area contributed by atoms with Gasteiger partial charge in [0.05, 0.1) is 17.0 Å². The van der Waals surface area contributed by atoms with Crippen LogP contribution in [0.2, 0.25) is 0 Å². The first-order chi connectivity index (χ1) is 12.4. The van der Waals surface area contributed by atoms with Crippen molar-refractivity contribution in [3.8, 4) is 11.5 Å². The summed E-state index contributed by atoms with van der Waals surface area (Å²) in [5.41, 5.74) is 2.87. The van der Waals surface area contributed by atoms with Crippen molar-refractivity contribution in [2.75, 3.05) is 7.05 Å². The normalized spacial score (nSPS) is 11.5. The summed E-state index contributed by atoms with van der Waals surface area (Å²) in [6, 6.07) is 3.97. The Labute approximate surface area is 151 Å². The van der Waals surface area contributed by atoms with E-state index in [9.17, 15) is 8.78 Å². The summed E-state index contributed by atoms with van der Waals surface area (Å²) in [7, 11) is 1.97. The topological polar surface area (TPSA) is 47.1 Å². The summed E-state index contributed by atoms with van der Waals surface area (Å²) in [5.74, 6) is -1.17. The Morgan fingerprint density at radius 3 is 2.65 bits per heavy atom. The predicted octanol–water partition coefficient (Wildman–Crippen LogP) is 4.09. The molecule has 0 aliphatic carbocycles. The third-order valence-corrected chi connectivity index (χ3v) is 4.31. The van der Waals surface area contributed by atoms with Crippen LogP contribution in [-0.2, 0) is 19.6 Å². The molecule has 0 saturated carbocycles. The fourth-order valence-electron chi connectivity index (χ4n) is 2.84. The second-order valence-electron chi connectivity index (χ2n) is 6.39. The van der Waals surface area contributed by atoms with Crippen molar-refractivity contribution in [3.63, 3.8) is 0 Å². The van der Waals surface area contributed by atoms with E-state index in [-0.39, 0.29) is 11.5 Å². The first-order valence-corrected chi connectivity index (χ1v) is 8.51. The number of halogens is 2. The van der Waals surface area contributed by atoms with Crippen LogP contribution in [0.25, 0.3) is 11.5 Å². The van der Waals surface area contributed by atoms with Crippen LogP contribution in [0.4, 0.5) is 8.78 Å². The van der Waals surface area contributed by atoms with E-state index in [0.29, 0.717) is 24.5 Å². The summed E-state index contributed by atoms with van der Waals surface area (Å²) in [6.45, 7) is 7.88. The molecular weight excluding hydrogens is 338 g/mol. The van der Waals surface area contributed by atoms with Crippen LogP contribution >= 0.6 is 0 Å². The molecule has 0 aliphatic rings. The van der Waals surface area contributed by atoms with Gasteiger partial charge in [0.2, 0.25) is 5.89 Å². The molecular formula is C19H22F2N4O. The third kappa shape index (κ3) is 3.67. The van der Waals surface area contributed by atoms with E-state index in [1.165, 1.54) is 12.1 Å². The van der Waals surface area contributed by atoms with Gasteiger partial charge >= 0.3 is 0 Å². The summed E-state index contributed by atoms with van der Waals surface area (Å²) in [6.07, 6.45) is 2.04. The van der Waals surface area contributed by atoms with Gasteiger partial charge in [0.15, 0.2) is 11.6 Å². The first kappa shape index (κ1) is 18.3. The van der Waals surface area contributed by atoms with Gasteiger partial charge in [-0.1, -0.05) is 6.07 Å². The van der Waals surface area contributed by atoms with Gasteiger partial charge in [0, 0.05) is 31.4 Å². The number of benzene rings is 1. The summed E-state index contributed by atoms with van der Waals surface area (Å²) >= 11 is 0. The quantitative estimate of drug-likeness (QED) is 0.664. The Morgan fingerprint density at radius 2 is 1.96 bits per heavy atom. The van der Waals surface area contributed by atoms with Crippen molar-refractivity contribution < 1.29 is 13.2 Å². The molecule has 2 aromatic heterocycles. The maximum atomic E-state index is 14.0. The lowest BCUT2D eigenvalue weighted by molar-refractivity contribution is 0.312. The highest BCUT2D eigenvalue weighted by molar-refractivity contribution is 5.54. The van der Waals surface area contributed by atoms with E-state index in [4.69, 9.17) is 4.42 Å². The molecule has 26 heavy (non-hydrogen) atoms. The second kappa shape index (κ2) is 7.37. The van der Waals surface area contributed by atoms with Crippen molar-refractivity contribution >= 4 is 0 Å². The average molecular weight is 360 g/mol. The smallest absolute Gasteiger partial charge is 0.229 e. The summed E-state index contributed by atoms with van der Waals surface area (Å²) in [4.78, 5) is 6.46. The van der Waals surface area contributed by atoms with Gasteiger partial charge < -0.3 is 4.42 Å². The number of hydrogen-bond acceptors (Lipinski definition) is 4. The fourth-order valence-corrected chi connectivity index (χ4v) is 2.84. The second-order valence-corrected chi connectivity index (χ2v) is 6.39. The van der Waals surface area contributed by atoms with Crippen LogP contribution in [-0.4, -0.2) is 26.7 Å². The predicted molar refractivity (Wildman–Crippen MR) is 94.4 cm³/mol. The zero-order chi connectivity index (χ0) is 18.8. The van der Waals surface area contributed by atoms with E-state index in [1.807, 2.05) is 31.8 Å². The Hall–Kier alpha value is -2.54. The molecule has 3 rings (SSSR count). The van der Waals surface area contributed by atoms with Crippen LogP contribution in [0.1, 0.15) is 29.6 Å². The molecule has 0 aliphatic heterocycles. The number of aryl methyl sites for hydroxylation is 3. The fraction of sp³-hybridized carbons (Fsp3) is 0.368. The lowest BCUT2D eigenvalue weighted by atomic mass is 10.2. The molecule has 0 atom stereocenters. The molecule has 0 saturated heterocycles. The minimum absolute atomic E-state index is 0.0297. The SMILES string of the molecule is CCn1cc(CN(C)Cc2nc(-c3cccc(F)c3F)oc2C)c(C)n1. The van der Waals surface area contributed by atoms with Gasteiger partial charge in [-0.2, -0.15) is 5.10 Å². The largest absolute Gasteiger partial charge is 0.441 e. The maximum absolute atomic E-state index is 14.0. The molecule has 0 radical (unpaired) electrons. The molecule has 0 amide bonds. The molecule has 0 spiro atoms. The maximum Gasteiger partial charge on any atom is 0.229 e. The van der Waals surface area contributed by atoms with Gasteiger partial charge in [0.1, 0.15) is 5.76 Å². The van der Waals surface area contributed by atoms with Gasteiger partial charge in [-0.25, -0.2) is 13.8 Å². The molecule has 1 aromatic carbocycles. The Balaban J connectivity index is 1.77. The highest BCUT2D eigenvalue weighted by Crippen LogP contribution is 2.26. The Bertz CT molecular complexity index is 916. The van der Waals surface area contributed by atoms with Crippen LogP contribution in [0.3, 0.4) is 0 Å². The highest BCUT2D eigenvalue weighted by Gasteiger charge is 2.18. The van der Waals surface area contributed by atoms with E-state index < -0.39 is 11.6 Å². The molecule has 2 heterocycles. The lowest BCUT2D eigenvalue weighted by Crippen LogP contribution is -2.18. The molecule has 138 valence electrons. The molecule has 3 aromatic rings. The summed E-state index contributed by atoms with van der Waals surface area (Å²) < 4.78 is 34.9. The van der Waals surface area contributed by atoms with E-state index in [2.05, 4.69) is 15.0 Å². The van der Waals surface area contributed by atoms with Gasteiger partial charge in [-0.3, -0.25) is 9.58 Å². The average Bonchev–Trinajstić information content (AvgIpc) is 3.13. The van der Waals surface area contributed by atoms with Crippen LogP contribution in [0, 0.1) is 25.5 Å². The van der Waals surface area contributed by atoms with Crippen LogP contribution < -0.4 is 0 Å². The Morgan fingerprint density at radius 1 is 1.19 bits per heavy atom. The van der Waals surface area contributed by atoms with Crippen molar-refractivity contribution in [1.82, 2.24) is 19.7 Å². The molecule has 0 unspecified atom stereocenters. The standard InChI is InChI=1S/C19H22F2N4O/c1-5-25-10-14(12(2)23-25)9-24(4)11-17-13(3)26-19(22-17)15-7-6-8-16(20)18(15)21/h6-8,10H,5,9,11H2,1-4H3. The molecule has 5 nitrogen and oxygen atoms in total. The van der Waals surface area contributed by atoms with Crippen LogP contribution in [0.15, 0.2) is 28.8 Å². The van der Waals surface area contributed by atoms with Crippen molar-refractivity contribution in [2.45, 2.75) is 40.4 Å². The molecule has 0 fully saturated rings. The zero-order valence-corrected chi connectivity index (χ0v) is 15.4. The molecule has 0 N–H and O–H groups in total. The minimum atomic E-state index is -0.948. The van der Waals surface area contributed by atoms with Crippen LogP contribution in [0.5, 0.6) is 0 Å². The number of aromatic nitrogens is 3. The van der Waals surface area contributed by atoms with E-state index in [0.717, 1.165) is 23.9 Å². The zero-order valence-electron chi connectivity index (χ0n) is 15.4. The van der Waals surface area contributed by atoms with Gasteiger partial charge in [0.25, 0.3) is 0 Å². The summed E-state index contributed by atoms with van der Waals surface area (Å²) in [5, 5.41) is 4.45. The first-order valence-electron chi connectivity index (χ1n) is 8.51. The monoisotopic (exact) mass is 360 g/mol. The third-order valence-electron chi connectivity index (χ3n) is 4.31. The van der Waals surface area contributed by atoms with Crippen molar-refractivity contribution in [2.24, 2.45) is 0 Å².